The van der Waals surface area contributed by atoms with E-state index in [1.165, 1.54) is 12.8 Å². The van der Waals surface area contributed by atoms with Crippen LogP contribution in [-0.2, 0) is 4.79 Å². The van der Waals surface area contributed by atoms with Crippen LogP contribution in [0.3, 0.4) is 0 Å². The number of hydrogen-bond donors (Lipinski definition) is 2. The number of carboxylic acid groups (broad SMARTS) is 1. The Balaban J connectivity index is 2.35. The molecule has 0 spiro atoms. The minimum atomic E-state index is -0.785. The molecule has 3 unspecified atom stereocenters. The van der Waals surface area contributed by atoms with E-state index in [2.05, 4.69) is 24.1 Å². The van der Waals surface area contributed by atoms with E-state index in [4.69, 9.17) is 0 Å². The van der Waals surface area contributed by atoms with Crippen molar-refractivity contribution in [3.8, 4) is 0 Å². The summed E-state index contributed by atoms with van der Waals surface area (Å²) in [5.74, 6) is 0.0724. The minimum absolute atomic E-state index is 0.638. The minimum Gasteiger partial charge on any atom is -0.480 e. The first-order chi connectivity index (χ1) is 8.39. The number of piperidine rings is 1. The summed E-state index contributed by atoms with van der Waals surface area (Å²) in [6, 6.07) is 0.638. The summed E-state index contributed by atoms with van der Waals surface area (Å²) >= 11 is 0. The fourth-order valence-electron chi connectivity index (χ4n) is 2.76. The maximum absolute atomic E-state index is 11.2. The molecule has 0 aromatic rings. The van der Waals surface area contributed by atoms with Gasteiger partial charge in [0.2, 0.25) is 0 Å². The highest BCUT2D eigenvalue weighted by Crippen LogP contribution is 2.23. The molecule has 106 valence electrons. The van der Waals surface area contributed by atoms with Crippen molar-refractivity contribution in [2.75, 3.05) is 20.1 Å². The lowest BCUT2D eigenvalue weighted by Crippen LogP contribution is -2.48. The van der Waals surface area contributed by atoms with Crippen LogP contribution in [0.4, 0.5) is 0 Å². The average Bonchev–Trinajstić information content (AvgIpc) is 2.31. The van der Waals surface area contributed by atoms with E-state index in [9.17, 15) is 9.90 Å². The van der Waals surface area contributed by atoms with Gasteiger partial charge >= 0.3 is 5.97 Å². The Bertz CT molecular complexity index is 283. The van der Waals surface area contributed by atoms with Gasteiger partial charge in [-0.1, -0.05) is 6.92 Å². The van der Waals surface area contributed by atoms with Gasteiger partial charge in [-0.25, -0.2) is 0 Å². The summed E-state index contributed by atoms with van der Waals surface area (Å²) in [6.07, 6.45) is 4.15. The first-order valence-corrected chi connectivity index (χ1v) is 7.05. The van der Waals surface area contributed by atoms with E-state index in [-0.39, 0.29) is 0 Å². The standard InChI is InChI=1S/C14H28N2O2/c1-11-6-9-16(12(2)10-11)8-5-7-14(3,15-4)13(17)18/h11-12,15H,5-10H2,1-4H3,(H,17,18). The van der Waals surface area contributed by atoms with E-state index >= 15 is 0 Å². The fourth-order valence-corrected chi connectivity index (χ4v) is 2.76. The summed E-state index contributed by atoms with van der Waals surface area (Å²) in [7, 11) is 1.72. The van der Waals surface area contributed by atoms with Crippen LogP contribution >= 0.6 is 0 Å². The van der Waals surface area contributed by atoms with Gasteiger partial charge in [0.15, 0.2) is 0 Å². The second-order valence-electron chi connectivity index (χ2n) is 6.01. The first kappa shape index (κ1) is 15.4. The zero-order chi connectivity index (χ0) is 13.8. The van der Waals surface area contributed by atoms with Gasteiger partial charge in [0.1, 0.15) is 5.54 Å². The number of nitrogens with zero attached hydrogens (tertiary/aromatic N) is 1. The fraction of sp³-hybridized carbons (Fsp3) is 0.929. The Morgan fingerprint density at radius 3 is 2.67 bits per heavy atom. The highest BCUT2D eigenvalue weighted by Gasteiger charge is 2.31. The van der Waals surface area contributed by atoms with E-state index in [0.717, 1.165) is 25.4 Å². The third kappa shape index (κ3) is 3.95. The molecule has 1 fully saturated rings. The average molecular weight is 256 g/mol. The molecule has 2 N–H and O–H groups in total. The van der Waals surface area contributed by atoms with Crippen molar-refractivity contribution < 1.29 is 9.90 Å². The van der Waals surface area contributed by atoms with Gasteiger partial charge in [-0.15, -0.1) is 0 Å². The Labute approximate surface area is 111 Å². The summed E-state index contributed by atoms with van der Waals surface area (Å²) in [6.45, 7) is 8.53. The Kier molecular flexibility index (Phi) is 5.60. The van der Waals surface area contributed by atoms with Crippen molar-refractivity contribution in [2.45, 2.75) is 58.0 Å². The third-order valence-electron chi connectivity index (χ3n) is 4.42. The number of carbonyl (C=O) groups is 1. The molecule has 3 atom stereocenters. The van der Waals surface area contributed by atoms with Crippen LogP contribution in [0, 0.1) is 5.92 Å². The van der Waals surface area contributed by atoms with Gasteiger partial charge in [-0.3, -0.25) is 4.79 Å². The summed E-state index contributed by atoms with van der Waals surface area (Å²) < 4.78 is 0. The summed E-state index contributed by atoms with van der Waals surface area (Å²) in [4.78, 5) is 13.7. The molecule has 18 heavy (non-hydrogen) atoms. The lowest BCUT2D eigenvalue weighted by molar-refractivity contribution is -0.144. The molecule has 1 rings (SSSR count). The van der Waals surface area contributed by atoms with Crippen LogP contribution in [0.25, 0.3) is 0 Å². The molecule has 1 heterocycles. The maximum Gasteiger partial charge on any atom is 0.323 e. The van der Waals surface area contributed by atoms with Gasteiger partial charge in [-0.2, -0.15) is 0 Å². The quantitative estimate of drug-likeness (QED) is 0.762. The molecule has 0 aromatic carbocycles. The Morgan fingerprint density at radius 1 is 1.50 bits per heavy atom. The SMILES string of the molecule is CNC(C)(CCCN1CCC(C)CC1C)C(=O)O. The molecule has 1 aliphatic heterocycles. The molecule has 0 amide bonds. The maximum atomic E-state index is 11.2. The zero-order valence-electron chi connectivity index (χ0n) is 12.2. The van der Waals surface area contributed by atoms with Crippen LogP contribution in [0.2, 0.25) is 0 Å². The number of carboxylic acids is 1. The van der Waals surface area contributed by atoms with E-state index in [1.54, 1.807) is 14.0 Å². The number of nitrogens with one attached hydrogen (secondary N) is 1. The molecular formula is C14H28N2O2. The number of likely N-dealkylation sites (tertiary alicyclic amines) is 1. The lowest BCUT2D eigenvalue weighted by atomic mass is 9.92. The topological polar surface area (TPSA) is 52.6 Å². The summed E-state index contributed by atoms with van der Waals surface area (Å²) in [5.41, 5.74) is -0.785. The van der Waals surface area contributed by atoms with Gasteiger partial charge in [-0.05, 0) is 65.6 Å². The second-order valence-corrected chi connectivity index (χ2v) is 6.01. The molecular weight excluding hydrogens is 228 g/mol. The molecule has 1 saturated heterocycles. The number of rotatable bonds is 6. The van der Waals surface area contributed by atoms with Crippen molar-refractivity contribution in [2.24, 2.45) is 5.92 Å². The van der Waals surface area contributed by atoms with Crippen LogP contribution < -0.4 is 5.32 Å². The predicted molar refractivity (Wildman–Crippen MR) is 73.8 cm³/mol. The van der Waals surface area contributed by atoms with E-state index in [1.807, 2.05) is 0 Å². The second kappa shape index (κ2) is 6.53. The first-order valence-electron chi connectivity index (χ1n) is 7.05. The van der Waals surface area contributed by atoms with Crippen molar-refractivity contribution in [3.63, 3.8) is 0 Å². The number of aliphatic carboxylic acids is 1. The molecule has 0 aliphatic carbocycles. The zero-order valence-corrected chi connectivity index (χ0v) is 12.2. The Morgan fingerprint density at radius 2 is 2.17 bits per heavy atom. The van der Waals surface area contributed by atoms with Crippen LogP contribution in [0.5, 0.6) is 0 Å². The number of hydrogen-bond acceptors (Lipinski definition) is 3. The van der Waals surface area contributed by atoms with Crippen molar-refractivity contribution in [3.05, 3.63) is 0 Å². The predicted octanol–water partition coefficient (Wildman–Crippen LogP) is 1.95. The van der Waals surface area contributed by atoms with E-state index < -0.39 is 11.5 Å². The molecule has 0 saturated carbocycles. The Hall–Kier alpha value is -0.610. The normalized spacial score (nSPS) is 28.9. The van der Waals surface area contributed by atoms with Crippen molar-refractivity contribution >= 4 is 5.97 Å². The molecule has 0 bridgehead atoms. The molecule has 4 heteroatoms. The lowest BCUT2D eigenvalue weighted by Gasteiger charge is -2.37. The van der Waals surface area contributed by atoms with Crippen LogP contribution in [0.15, 0.2) is 0 Å². The van der Waals surface area contributed by atoms with Crippen molar-refractivity contribution in [1.82, 2.24) is 10.2 Å². The van der Waals surface area contributed by atoms with Gasteiger partial charge in [0.05, 0.1) is 0 Å². The summed E-state index contributed by atoms with van der Waals surface area (Å²) in [5, 5.41) is 12.1. The molecule has 0 aromatic heterocycles. The third-order valence-corrected chi connectivity index (χ3v) is 4.42. The number of likely N-dealkylation sites (N-methyl/N-ethyl adjacent to an activating group) is 1. The smallest absolute Gasteiger partial charge is 0.323 e. The van der Waals surface area contributed by atoms with Gasteiger partial charge < -0.3 is 15.3 Å². The van der Waals surface area contributed by atoms with Gasteiger partial charge in [0.25, 0.3) is 0 Å². The monoisotopic (exact) mass is 256 g/mol. The van der Waals surface area contributed by atoms with E-state index in [0.29, 0.717) is 12.5 Å². The largest absolute Gasteiger partial charge is 0.480 e. The van der Waals surface area contributed by atoms with Crippen LogP contribution in [-0.4, -0.2) is 47.7 Å². The van der Waals surface area contributed by atoms with Crippen LogP contribution in [0.1, 0.15) is 46.5 Å². The highest BCUT2D eigenvalue weighted by atomic mass is 16.4. The molecule has 0 radical (unpaired) electrons. The van der Waals surface area contributed by atoms with Gasteiger partial charge in [0, 0.05) is 6.04 Å². The highest BCUT2D eigenvalue weighted by molar-refractivity contribution is 5.78. The molecule has 1 aliphatic rings. The molecule has 4 nitrogen and oxygen atoms in total. The van der Waals surface area contributed by atoms with Crippen molar-refractivity contribution in [1.29, 1.82) is 0 Å².